The number of nitrogens with zero attached hydrogens (tertiary/aromatic N) is 2. The summed E-state index contributed by atoms with van der Waals surface area (Å²) >= 11 is 12.3. The first-order chi connectivity index (χ1) is 12.1. The Balaban J connectivity index is 1.68. The lowest BCUT2D eigenvalue weighted by Gasteiger charge is -2.39. The Morgan fingerprint density at radius 3 is 2.32 bits per heavy atom. The van der Waals surface area contributed by atoms with Gasteiger partial charge in [0.15, 0.2) is 0 Å². The van der Waals surface area contributed by atoms with Gasteiger partial charge in [-0.3, -0.25) is 9.69 Å². The second-order valence-electron chi connectivity index (χ2n) is 6.13. The second-order valence-corrected chi connectivity index (χ2v) is 6.91. The van der Waals surface area contributed by atoms with Gasteiger partial charge >= 0.3 is 5.97 Å². The standard InChI is InChI=1S/C19H20Cl2N2O2/c20-16-8-4-5-14(18(16)21)13-17(19(24)25)23-11-9-22(10-12-23)15-6-2-1-3-7-15/h1-8,17H,9-13H2,(H,24,25)/t17-/m0/s1. The molecule has 1 aliphatic rings. The first-order valence-corrected chi connectivity index (χ1v) is 9.01. The highest BCUT2D eigenvalue weighted by Gasteiger charge is 2.29. The fraction of sp³-hybridized carbons (Fsp3) is 0.316. The van der Waals surface area contributed by atoms with Crippen LogP contribution in [0.2, 0.25) is 10.0 Å². The van der Waals surface area contributed by atoms with Gasteiger partial charge in [-0.05, 0) is 23.8 Å². The molecule has 0 saturated carbocycles. The average Bonchev–Trinajstić information content (AvgIpc) is 2.63. The van der Waals surface area contributed by atoms with Crippen LogP contribution in [-0.2, 0) is 11.2 Å². The molecule has 25 heavy (non-hydrogen) atoms. The van der Waals surface area contributed by atoms with Crippen molar-refractivity contribution in [3.63, 3.8) is 0 Å². The third-order valence-corrected chi connectivity index (χ3v) is 5.46. The lowest BCUT2D eigenvalue weighted by Crippen LogP contribution is -2.53. The maximum atomic E-state index is 11.8. The Morgan fingerprint density at radius 2 is 1.68 bits per heavy atom. The van der Waals surface area contributed by atoms with E-state index in [1.807, 2.05) is 29.2 Å². The maximum Gasteiger partial charge on any atom is 0.321 e. The van der Waals surface area contributed by atoms with E-state index in [4.69, 9.17) is 23.2 Å². The van der Waals surface area contributed by atoms with E-state index in [0.29, 0.717) is 29.6 Å². The monoisotopic (exact) mass is 378 g/mol. The van der Waals surface area contributed by atoms with Crippen LogP contribution >= 0.6 is 23.2 Å². The van der Waals surface area contributed by atoms with Crippen molar-refractivity contribution in [2.75, 3.05) is 31.1 Å². The minimum Gasteiger partial charge on any atom is -0.480 e. The largest absolute Gasteiger partial charge is 0.480 e. The van der Waals surface area contributed by atoms with Crippen LogP contribution in [0.15, 0.2) is 48.5 Å². The highest BCUT2D eigenvalue weighted by atomic mass is 35.5. The first-order valence-electron chi connectivity index (χ1n) is 8.26. The summed E-state index contributed by atoms with van der Waals surface area (Å²) in [7, 11) is 0. The number of benzene rings is 2. The lowest BCUT2D eigenvalue weighted by atomic mass is 10.0. The van der Waals surface area contributed by atoms with Gasteiger partial charge in [0.25, 0.3) is 0 Å². The zero-order valence-electron chi connectivity index (χ0n) is 13.7. The van der Waals surface area contributed by atoms with Crippen molar-refractivity contribution in [2.45, 2.75) is 12.5 Å². The Bertz CT molecular complexity index is 731. The Morgan fingerprint density at radius 1 is 1.00 bits per heavy atom. The van der Waals surface area contributed by atoms with Crippen molar-refractivity contribution in [2.24, 2.45) is 0 Å². The SMILES string of the molecule is O=C(O)[C@H](Cc1cccc(Cl)c1Cl)N1CCN(c2ccccc2)CC1. The molecule has 3 rings (SSSR count). The van der Waals surface area contributed by atoms with E-state index < -0.39 is 12.0 Å². The van der Waals surface area contributed by atoms with Crippen molar-refractivity contribution < 1.29 is 9.90 Å². The molecular formula is C19H20Cl2N2O2. The maximum absolute atomic E-state index is 11.8. The van der Waals surface area contributed by atoms with Crippen molar-refractivity contribution in [1.82, 2.24) is 4.90 Å². The molecule has 2 aromatic rings. The number of para-hydroxylation sites is 1. The lowest BCUT2D eigenvalue weighted by molar-refractivity contribution is -0.143. The number of halogens is 2. The summed E-state index contributed by atoms with van der Waals surface area (Å²) < 4.78 is 0. The fourth-order valence-electron chi connectivity index (χ4n) is 3.22. The predicted octanol–water partition coefficient (Wildman–Crippen LogP) is 3.81. The molecule has 2 aromatic carbocycles. The third kappa shape index (κ3) is 4.27. The number of carboxylic acid groups (broad SMARTS) is 1. The van der Waals surface area contributed by atoms with Gasteiger partial charge in [-0.2, -0.15) is 0 Å². The molecule has 132 valence electrons. The minimum atomic E-state index is -0.829. The predicted molar refractivity (Wildman–Crippen MR) is 102 cm³/mol. The molecule has 4 nitrogen and oxygen atoms in total. The number of carboxylic acids is 1. The number of hydrogen-bond donors (Lipinski definition) is 1. The Labute approximate surface area is 157 Å². The molecule has 0 bridgehead atoms. The molecule has 1 aliphatic heterocycles. The van der Waals surface area contributed by atoms with Crippen LogP contribution in [0.25, 0.3) is 0 Å². The van der Waals surface area contributed by atoms with Gasteiger partial charge in [0.2, 0.25) is 0 Å². The van der Waals surface area contributed by atoms with Gasteiger partial charge < -0.3 is 10.0 Å². The normalized spacial score (nSPS) is 16.6. The molecule has 0 spiro atoms. The van der Waals surface area contributed by atoms with Crippen LogP contribution in [0.3, 0.4) is 0 Å². The van der Waals surface area contributed by atoms with E-state index in [2.05, 4.69) is 17.0 Å². The molecule has 0 aromatic heterocycles. The molecule has 1 fully saturated rings. The van der Waals surface area contributed by atoms with Crippen molar-refractivity contribution in [1.29, 1.82) is 0 Å². The van der Waals surface area contributed by atoms with E-state index >= 15 is 0 Å². The summed E-state index contributed by atoms with van der Waals surface area (Å²) in [6.07, 6.45) is 0.347. The van der Waals surface area contributed by atoms with Crippen LogP contribution in [0.4, 0.5) is 5.69 Å². The van der Waals surface area contributed by atoms with Gasteiger partial charge in [-0.15, -0.1) is 0 Å². The minimum absolute atomic E-state index is 0.347. The number of piperazine rings is 1. The van der Waals surface area contributed by atoms with E-state index in [9.17, 15) is 9.90 Å². The Kier molecular flexibility index (Phi) is 5.84. The summed E-state index contributed by atoms with van der Waals surface area (Å²) in [5, 5.41) is 10.6. The number of rotatable bonds is 5. The quantitative estimate of drug-likeness (QED) is 0.858. The first kappa shape index (κ1) is 18.1. The van der Waals surface area contributed by atoms with Crippen molar-refractivity contribution in [3.8, 4) is 0 Å². The summed E-state index contributed by atoms with van der Waals surface area (Å²) in [6.45, 7) is 3.00. The average molecular weight is 379 g/mol. The van der Waals surface area contributed by atoms with E-state index in [1.165, 1.54) is 5.69 Å². The summed E-state index contributed by atoms with van der Waals surface area (Å²) in [6, 6.07) is 14.9. The van der Waals surface area contributed by atoms with Crippen molar-refractivity contribution in [3.05, 3.63) is 64.1 Å². The Hall–Kier alpha value is -1.75. The zero-order valence-corrected chi connectivity index (χ0v) is 15.2. The summed E-state index contributed by atoms with van der Waals surface area (Å²) in [4.78, 5) is 16.1. The molecule has 0 amide bonds. The van der Waals surface area contributed by atoms with E-state index in [1.54, 1.807) is 12.1 Å². The van der Waals surface area contributed by atoms with Gasteiger partial charge in [0.05, 0.1) is 10.0 Å². The molecule has 0 radical (unpaired) electrons. The molecule has 1 heterocycles. The van der Waals surface area contributed by atoms with Gasteiger partial charge in [0.1, 0.15) is 6.04 Å². The molecule has 0 aliphatic carbocycles. The molecule has 0 unspecified atom stereocenters. The van der Waals surface area contributed by atoms with Gasteiger partial charge in [0, 0.05) is 38.3 Å². The topological polar surface area (TPSA) is 43.8 Å². The molecule has 6 heteroatoms. The van der Waals surface area contributed by atoms with Gasteiger partial charge in [-0.25, -0.2) is 0 Å². The zero-order chi connectivity index (χ0) is 17.8. The number of anilines is 1. The van der Waals surface area contributed by atoms with E-state index in [0.717, 1.165) is 18.7 Å². The van der Waals surface area contributed by atoms with Crippen LogP contribution in [0, 0.1) is 0 Å². The highest BCUT2D eigenvalue weighted by molar-refractivity contribution is 6.42. The van der Waals surface area contributed by atoms with Crippen LogP contribution in [0.1, 0.15) is 5.56 Å². The highest BCUT2D eigenvalue weighted by Crippen LogP contribution is 2.27. The molecule has 1 saturated heterocycles. The van der Waals surface area contributed by atoms with Crippen LogP contribution < -0.4 is 4.90 Å². The second kappa shape index (κ2) is 8.09. The molecule has 1 atom stereocenters. The van der Waals surface area contributed by atoms with Crippen LogP contribution in [0.5, 0.6) is 0 Å². The molecule has 1 N–H and O–H groups in total. The number of carbonyl (C=O) groups is 1. The summed E-state index contributed by atoms with van der Waals surface area (Å²) in [5.74, 6) is -0.829. The van der Waals surface area contributed by atoms with Crippen molar-refractivity contribution >= 4 is 34.9 Å². The van der Waals surface area contributed by atoms with Crippen LogP contribution in [-0.4, -0.2) is 48.2 Å². The smallest absolute Gasteiger partial charge is 0.321 e. The molecular weight excluding hydrogens is 359 g/mol. The number of hydrogen-bond acceptors (Lipinski definition) is 3. The summed E-state index contributed by atoms with van der Waals surface area (Å²) in [5.41, 5.74) is 1.94. The third-order valence-electron chi connectivity index (χ3n) is 4.61. The van der Waals surface area contributed by atoms with Gasteiger partial charge in [-0.1, -0.05) is 53.5 Å². The van der Waals surface area contributed by atoms with E-state index in [-0.39, 0.29) is 0 Å². The fourth-order valence-corrected chi connectivity index (χ4v) is 3.61. The number of aliphatic carboxylic acids is 1.